The molecule has 0 saturated carbocycles. The Hall–Kier alpha value is -1.86. The average molecular weight is 320 g/mol. The number of carbonyl (C=O) groups is 1. The number of nitrogens with zero attached hydrogens (tertiary/aromatic N) is 2. The fourth-order valence-corrected chi connectivity index (χ4v) is 4.26. The van der Waals surface area contributed by atoms with Crippen LogP contribution in [0, 0.1) is 0 Å². The van der Waals surface area contributed by atoms with Gasteiger partial charge >= 0.3 is 0 Å². The van der Waals surface area contributed by atoms with Crippen LogP contribution < -0.4 is 10.6 Å². The van der Waals surface area contributed by atoms with Crippen LogP contribution in [0.2, 0.25) is 0 Å². The van der Waals surface area contributed by atoms with Gasteiger partial charge in [0.15, 0.2) is 9.84 Å². The third-order valence-electron chi connectivity index (χ3n) is 3.83. The molecule has 1 aromatic carbocycles. The van der Waals surface area contributed by atoms with E-state index in [-0.39, 0.29) is 11.6 Å². The highest BCUT2D eigenvalue weighted by Gasteiger charge is 2.30. The number of fused-ring (bicyclic) bond motifs is 1. The molecular weight excluding hydrogens is 304 g/mol. The van der Waals surface area contributed by atoms with Crippen molar-refractivity contribution in [1.82, 2.24) is 0 Å². The van der Waals surface area contributed by atoms with Gasteiger partial charge in [-0.2, -0.15) is 4.99 Å². The number of aliphatic imine (C=N–C) groups is 1. The quantitative estimate of drug-likeness (QED) is 0.776. The van der Waals surface area contributed by atoms with Gasteiger partial charge < -0.3 is 4.74 Å². The van der Waals surface area contributed by atoms with Crippen LogP contribution >= 0.6 is 0 Å². The number of hydrogen-bond donors (Lipinski definition) is 0. The van der Waals surface area contributed by atoms with Gasteiger partial charge in [0.25, 0.3) is 5.91 Å². The molecule has 0 atom stereocenters. The van der Waals surface area contributed by atoms with Crippen molar-refractivity contribution in [3.05, 3.63) is 34.3 Å². The van der Waals surface area contributed by atoms with Crippen molar-refractivity contribution in [3.8, 4) is 0 Å². The maximum absolute atomic E-state index is 12.4. The van der Waals surface area contributed by atoms with Crippen molar-refractivity contribution in [1.29, 1.82) is 0 Å². The smallest absolute Gasteiger partial charge is 0.280 e. The van der Waals surface area contributed by atoms with Gasteiger partial charge in [-0.1, -0.05) is 18.7 Å². The second-order valence-electron chi connectivity index (χ2n) is 5.38. The van der Waals surface area contributed by atoms with Crippen LogP contribution in [-0.4, -0.2) is 44.4 Å². The maximum Gasteiger partial charge on any atom is 0.280 e. The van der Waals surface area contributed by atoms with Gasteiger partial charge in [-0.3, -0.25) is 4.79 Å². The fraction of sp³-hybridized carbons (Fsp3) is 0.400. The summed E-state index contributed by atoms with van der Waals surface area (Å²) in [6.45, 7) is 4.71. The third-order valence-corrected chi connectivity index (χ3v) is 5.98. The molecule has 2 heterocycles. The molecule has 7 heteroatoms. The summed E-state index contributed by atoms with van der Waals surface area (Å²) in [5.74, 6) is -0.746. The highest BCUT2D eigenvalue weighted by atomic mass is 32.2. The van der Waals surface area contributed by atoms with Crippen LogP contribution in [-0.2, 0) is 14.6 Å². The van der Waals surface area contributed by atoms with Crippen LogP contribution in [0.1, 0.15) is 23.2 Å². The molecule has 2 aliphatic rings. The number of para-hydroxylation sites is 1. The predicted molar refractivity (Wildman–Crippen MR) is 82.1 cm³/mol. The molecule has 116 valence electrons. The Morgan fingerprint density at radius 1 is 1.23 bits per heavy atom. The lowest BCUT2D eigenvalue weighted by Crippen LogP contribution is -2.37. The standard InChI is InChI=1S/C15H16N2O4S/c1-10-3-2-4-12-14(10)16-13(17-15(12)18)9-22(19,20)11-5-7-21-8-6-11/h2-4,11H,1,5-9H2. The monoisotopic (exact) mass is 320 g/mol. The second kappa shape index (κ2) is 5.73. The van der Waals surface area contributed by atoms with Crippen LogP contribution in [0.4, 0.5) is 0 Å². The summed E-state index contributed by atoms with van der Waals surface area (Å²) < 4.78 is 30.1. The highest BCUT2D eigenvalue weighted by molar-refractivity contribution is 7.92. The van der Waals surface area contributed by atoms with Gasteiger partial charge in [0, 0.05) is 13.2 Å². The molecular formula is C15H16N2O4S. The summed E-state index contributed by atoms with van der Waals surface area (Å²) in [7, 11) is -3.40. The number of benzene rings is 1. The van der Waals surface area contributed by atoms with E-state index in [9.17, 15) is 13.2 Å². The van der Waals surface area contributed by atoms with E-state index in [1.54, 1.807) is 18.2 Å². The Bertz CT molecular complexity index is 852. The number of hydrogen-bond acceptors (Lipinski definition) is 5. The Morgan fingerprint density at radius 3 is 2.68 bits per heavy atom. The molecule has 1 fully saturated rings. The Balaban J connectivity index is 1.92. The molecule has 1 amide bonds. The summed E-state index contributed by atoms with van der Waals surface area (Å²) in [6, 6.07) is 5.04. The molecule has 0 aliphatic carbocycles. The van der Waals surface area contributed by atoms with Gasteiger partial charge in [0.2, 0.25) is 0 Å². The van der Waals surface area contributed by atoms with E-state index in [0.29, 0.717) is 42.2 Å². The van der Waals surface area contributed by atoms with E-state index < -0.39 is 21.0 Å². The lowest BCUT2D eigenvalue weighted by atomic mass is 10.1. The average Bonchev–Trinajstić information content (AvgIpc) is 2.49. The number of amidine groups is 1. The number of amides is 1. The lowest BCUT2D eigenvalue weighted by Gasteiger charge is -2.22. The highest BCUT2D eigenvalue weighted by Crippen LogP contribution is 2.17. The molecule has 1 aromatic rings. The second-order valence-corrected chi connectivity index (χ2v) is 7.66. The van der Waals surface area contributed by atoms with E-state index in [4.69, 9.17) is 4.74 Å². The topological polar surface area (TPSA) is 85.2 Å². The Labute approximate surface area is 128 Å². The van der Waals surface area contributed by atoms with Crippen molar-refractivity contribution in [2.45, 2.75) is 18.1 Å². The predicted octanol–water partition coefficient (Wildman–Crippen LogP) is -0.137. The number of sulfone groups is 1. The zero-order valence-electron chi connectivity index (χ0n) is 12.0. The minimum atomic E-state index is -3.40. The number of ether oxygens (including phenoxy) is 1. The minimum absolute atomic E-state index is 0.0418. The van der Waals surface area contributed by atoms with Crippen LogP contribution in [0.25, 0.3) is 6.58 Å². The SMILES string of the molecule is C=c1cccc2c1=NC(CS(=O)(=O)C1CCOCC1)=NC2=O. The first kappa shape index (κ1) is 15.1. The molecule has 6 nitrogen and oxygen atoms in total. The fourth-order valence-electron chi connectivity index (χ4n) is 2.62. The molecule has 2 aliphatic heterocycles. The van der Waals surface area contributed by atoms with Crippen LogP contribution in [0.15, 0.2) is 28.2 Å². The number of carbonyl (C=O) groups excluding carboxylic acids is 1. The van der Waals surface area contributed by atoms with Crippen molar-refractivity contribution in [3.63, 3.8) is 0 Å². The summed E-state index contributed by atoms with van der Waals surface area (Å²) in [4.78, 5) is 20.1. The number of rotatable bonds is 3. The van der Waals surface area contributed by atoms with E-state index in [1.807, 2.05) is 0 Å². The Morgan fingerprint density at radius 2 is 1.95 bits per heavy atom. The van der Waals surface area contributed by atoms with Crippen molar-refractivity contribution >= 4 is 28.2 Å². The van der Waals surface area contributed by atoms with Crippen LogP contribution in [0.3, 0.4) is 0 Å². The molecule has 0 spiro atoms. The molecule has 0 N–H and O–H groups in total. The van der Waals surface area contributed by atoms with Gasteiger partial charge in [-0.25, -0.2) is 13.4 Å². The van der Waals surface area contributed by atoms with Crippen LogP contribution in [0.5, 0.6) is 0 Å². The van der Waals surface area contributed by atoms with Gasteiger partial charge in [-0.15, -0.1) is 0 Å². The zero-order chi connectivity index (χ0) is 15.7. The molecule has 0 radical (unpaired) electrons. The molecule has 0 aromatic heterocycles. The van der Waals surface area contributed by atoms with E-state index in [1.165, 1.54) is 0 Å². The first-order chi connectivity index (χ1) is 10.5. The molecule has 0 bridgehead atoms. The van der Waals surface area contributed by atoms with Gasteiger partial charge in [0.05, 0.1) is 16.2 Å². The maximum atomic E-state index is 12.4. The summed E-state index contributed by atoms with van der Waals surface area (Å²) in [5.41, 5.74) is 0.361. The van der Waals surface area contributed by atoms with E-state index >= 15 is 0 Å². The summed E-state index contributed by atoms with van der Waals surface area (Å²) in [5, 5.41) is 0.548. The molecule has 3 rings (SSSR count). The van der Waals surface area contributed by atoms with Gasteiger partial charge in [-0.05, 0) is 24.1 Å². The van der Waals surface area contributed by atoms with Crippen molar-refractivity contribution in [2.75, 3.05) is 19.0 Å². The van der Waals surface area contributed by atoms with Gasteiger partial charge in [0.1, 0.15) is 11.6 Å². The van der Waals surface area contributed by atoms with E-state index in [0.717, 1.165) is 0 Å². The van der Waals surface area contributed by atoms with Crippen molar-refractivity contribution < 1.29 is 17.9 Å². The lowest BCUT2D eigenvalue weighted by molar-refractivity contribution is 0.0983. The molecule has 22 heavy (non-hydrogen) atoms. The molecule has 1 saturated heterocycles. The normalized spacial score (nSPS) is 19.3. The Kier molecular flexibility index (Phi) is 3.92. The first-order valence-electron chi connectivity index (χ1n) is 7.05. The third kappa shape index (κ3) is 2.86. The van der Waals surface area contributed by atoms with E-state index in [2.05, 4.69) is 16.6 Å². The minimum Gasteiger partial charge on any atom is -0.381 e. The molecule has 0 unspecified atom stereocenters. The summed E-state index contributed by atoms with van der Waals surface area (Å²) in [6.07, 6.45) is 0.946. The first-order valence-corrected chi connectivity index (χ1v) is 8.77. The zero-order valence-corrected chi connectivity index (χ0v) is 12.8. The van der Waals surface area contributed by atoms with Crippen molar-refractivity contribution in [2.24, 2.45) is 9.98 Å². The largest absolute Gasteiger partial charge is 0.381 e. The summed E-state index contributed by atoms with van der Waals surface area (Å²) >= 11 is 0.